The van der Waals surface area contributed by atoms with E-state index in [1.54, 1.807) is 0 Å². The summed E-state index contributed by atoms with van der Waals surface area (Å²) >= 11 is 0. The summed E-state index contributed by atoms with van der Waals surface area (Å²) in [5.74, 6) is -1.47. The van der Waals surface area contributed by atoms with Crippen LogP contribution < -0.4 is 0 Å². The van der Waals surface area contributed by atoms with Crippen LogP contribution in [0, 0.1) is 0 Å². The summed E-state index contributed by atoms with van der Waals surface area (Å²) in [6, 6.07) is -0.614. The molecule has 1 N–H and O–H groups in total. The van der Waals surface area contributed by atoms with Crippen molar-refractivity contribution < 1.29 is 38.2 Å². The van der Waals surface area contributed by atoms with Gasteiger partial charge in [0.15, 0.2) is 12.1 Å². The first-order valence-corrected chi connectivity index (χ1v) is 25.4. The molecule has 2 unspecified atom stereocenters. The van der Waals surface area contributed by atoms with E-state index in [1.165, 1.54) is 167 Å². The predicted octanol–water partition coefficient (Wildman–Crippen LogP) is 14.4. The average molecular weight is 849 g/mol. The minimum Gasteiger partial charge on any atom is -0.477 e. The van der Waals surface area contributed by atoms with Crippen molar-refractivity contribution in [1.29, 1.82) is 0 Å². The molecule has 0 heterocycles. The van der Waals surface area contributed by atoms with E-state index in [0.717, 1.165) is 38.5 Å². The zero-order valence-electron chi connectivity index (χ0n) is 40.2. The first-order valence-electron chi connectivity index (χ1n) is 25.4. The van der Waals surface area contributed by atoms with Crippen molar-refractivity contribution >= 4 is 17.9 Å². The molecular weight excluding hydrogens is 751 g/mol. The number of unbranched alkanes of at least 4 members (excludes halogenated alkanes) is 28. The molecule has 8 nitrogen and oxygen atoms in total. The quantitative estimate of drug-likeness (QED) is 0.0282. The minimum absolute atomic E-state index is 0.0516. The van der Waals surface area contributed by atoms with Gasteiger partial charge in [0.2, 0.25) is 0 Å². The van der Waals surface area contributed by atoms with E-state index in [0.29, 0.717) is 19.3 Å². The molecule has 8 heteroatoms. The number of likely N-dealkylation sites (N-methyl/N-ethyl adjacent to an activating group) is 1. The van der Waals surface area contributed by atoms with Crippen LogP contribution in [0.2, 0.25) is 0 Å². The number of carbonyl (C=O) groups is 3. The summed E-state index contributed by atoms with van der Waals surface area (Å²) in [6.45, 7) is 4.75. The minimum atomic E-state index is -0.874. The van der Waals surface area contributed by atoms with Crippen LogP contribution in [0.25, 0.3) is 0 Å². The molecule has 2 atom stereocenters. The highest BCUT2D eigenvalue weighted by Gasteiger charge is 2.31. The summed E-state index contributed by atoms with van der Waals surface area (Å²) in [5.41, 5.74) is 0. The number of allylic oxidation sites excluding steroid dienone is 4. The fourth-order valence-corrected chi connectivity index (χ4v) is 7.61. The Morgan fingerprint density at radius 1 is 0.483 bits per heavy atom. The fraction of sp³-hybridized carbons (Fsp3) is 0.865. The number of esters is 2. The molecule has 60 heavy (non-hydrogen) atoms. The van der Waals surface area contributed by atoms with Crippen LogP contribution in [0.4, 0.5) is 0 Å². The lowest BCUT2D eigenvalue weighted by molar-refractivity contribution is -0.887. The average Bonchev–Trinajstić information content (AvgIpc) is 3.21. The topological polar surface area (TPSA) is 99.1 Å². The molecular formula is C52H98NO7+. The zero-order valence-corrected chi connectivity index (χ0v) is 40.2. The number of carboxylic acids is 1. The molecule has 0 aromatic heterocycles. The summed E-state index contributed by atoms with van der Waals surface area (Å²) in [6.07, 6.45) is 49.4. The monoisotopic (exact) mass is 849 g/mol. The van der Waals surface area contributed by atoms with Crippen molar-refractivity contribution in [2.45, 2.75) is 251 Å². The highest BCUT2D eigenvalue weighted by atomic mass is 16.6. The molecule has 0 aliphatic rings. The van der Waals surface area contributed by atoms with Crippen LogP contribution in [0.5, 0.6) is 0 Å². The molecule has 0 bridgehead atoms. The van der Waals surface area contributed by atoms with Gasteiger partial charge in [-0.2, -0.15) is 0 Å². The van der Waals surface area contributed by atoms with Crippen molar-refractivity contribution in [1.82, 2.24) is 0 Å². The molecule has 0 radical (unpaired) electrons. The third-order valence-corrected chi connectivity index (χ3v) is 11.6. The second-order valence-electron chi connectivity index (χ2n) is 18.4. The number of nitrogens with zero attached hydrogens (tertiary/aromatic N) is 1. The smallest absolute Gasteiger partial charge is 0.362 e. The number of carboxylic acid groups (broad SMARTS) is 1. The summed E-state index contributed by atoms with van der Waals surface area (Å²) in [7, 11) is 5.54. The summed E-state index contributed by atoms with van der Waals surface area (Å²) < 4.78 is 17.3. The van der Waals surface area contributed by atoms with Gasteiger partial charge in [-0.15, -0.1) is 0 Å². The van der Waals surface area contributed by atoms with Crippen LogP contribution in [0.1, 0.15) is 239 Å². The van der Waals surface area contributed by atoms with Gasteiger partial charge in [-0.25, -0.2) is 4.79 Å². The van der Waals surface area contributed by atoms with Crippen LogP contribution in [-0.2, 0) is 28.6 Å². The Morgan fingerprint density at radius 3 is 1.22 bits per heavy atom. The van der Waals surface area contributed by atoms with Crippen LogP contribution in [0.15, 0.2) is 24.3 Å². The molecule has 0 aliphatic carbocycles. The standard InChI is InChI=1S/C52H97NO7/c1-6-8-10-12-14-16-18-20-22-23-24-25-26-27-29-31-33-35-37-39-41-43-51(55)60-48(46-58-45-44-49(52(56)57)53(3,4)5)47-59-50(54)42-40-38-36-34-32-30-28-21-19-17-15-13-11-9-7-2/h17,19,25-26,48-49H,6-16,18,20-24,27-47H2,1-5H3/p+1/b19-17+,26-25+. The van der Waals surface area contributed by atoms with Crippen molar-refractivity contribution in [2.75, 3.05) is 41.0 Å². The summed E-state index contributed by atoms with van der Waals surface area (Å²) in [5, 5.41) is 9.64. The Kier molecular flexibility index (Phi) is 41.9. The van der Waals surface area contributed by atoms with Gasteiger partial charge in [0.25, 0.3) is 0 Å². The van der Waals surface area contributed by atoms with Crippen molar-refractivity contribution in [3.63, 3.8) is 0 Å². The van der Waals surface area contributed by atoms with E-state index < -0.39 is 18.1 Å². The van der Waals surface area contributed by atoms with Crippen molar-refractivity contribution in [2.24, 2.45) is 0 Å². The Balaban J connectivity index is 4.24. The highest BCUT2D eigenvalue weighted by Crippen LogP contribution is 2.15. The van der Waals surface area contributed by atoms with Gasteiger partial charge in [0.05, 0.1) is 34.4 Å². The lowest BCUT2D eigenvalue weighted by Crippen LogP contribution is -2.50. The van der Waals surface area contributed by atoms with Gasteiger partial charge in [-0.3, -0.25) is 9.59 Å². The Labute approximate surface area is 371 Å². The fourth-order valence-electron chi connectivity index (χ4n) is 7.61. The number of quaternary nitrogens is 1. The Hall–Kier alpha value is -2.19. The van der Waals surface area contributed by atoms with E-state index in [1.807, 2.05) is 21.1 Å². The SMILES string of the molecule is CCCCCC/C=C/CCCCCCCCCC(=O)OCC(COCCC(C(=O)O)[N+](C)(C)C)OC(=O)CCCCCCCCC/C=C/CCCCCCCCCCCC. The molecule has 0 fully saturated rings. The number of ether oxygens (including phenoxy) is 3. The number of aliphatic carboxylic acids is 1. The first-order chi connectivity index (χ1) is 29.1. The molecule has 0 saturated carbocycles. The second kappa shape index (κ2) is 43.5. The highest BCUT2D eigenvalue weighted by molar-refractivity contribution is 5.72. The first kappa shape index (κ1) is 57.8. The van der Waals surface area contributed by atoms with Gasteiger partial charge in [-0.05, 0) is 64.2 Å². The third-order valence-electron chi connectivity index (χ3n) is 11.6. The molecule has 0 aromatic carbocycles. The maximum Gasteiger partial charge on any atom is 0.362 e. The van der Waals surface area contributed by atoms with Gasteiger partial charge in [0, 0.05) is 19.3 Å². The number of carbonyl (C=O) groups excluding carboxylic acids is 2. The molecule has 352 valence electrons. The molecule has 0 aliphatic heterocycles. The van der Waals surface area contributed by atoms with E-state index in [-0.39, 0.29) is 36.2 Å². The Morgan fingerprint density at radius 2 is 0.833 bits per heavy atom. The number of hydrogen-bond donors (Lipinski definition) is 1. The molecule has 0 aromatic rings. The van der Waals surface area contributed by atoms with Gasteiger partial charge in [-0.1, -0.05) is 179 Å². The normalized spacial score (nSPS) is 13.0. The van der Waals surface area contributed by atoms with Gasteiger partial charge < -0.3 is 23.8 Å². The largest absolute Gasteiger partial charge is 0.477 e. The zero-order chi connectivity index (χ0) is 44.2. The lowest BCUT2D eigenvalue weighted by atomic mass is 10.1. The third kappa shape index (κ3) is 41.2. The second-order valence-corrected chi connectivity index (χ2v) is 18.4. The van der Waals surface area contributed by atoms with E-state index >= 15 is 0 Å². The summed E-state index contributed by atoms with van der Waals surface area (Å²) in [4.78, 5) is 37.1. The molecule has 0 amide bonds. The van der Waals surface area contributed by atoms with E-state index in [2.05, 4.69) is 38.2 Å². The maximum absolute atomic E-state index is 12.8. The van der Waals surface area contributed by atoms with Crippen LogP contribution >= 0.6 is 0 Å². The maximum atomic E-state index is 12.8. The van der Waals surface area contributed by atoms with Crippen LogP contribution in [-0.4, -0.2) is 80.6 Å². The Bertz CT molecular complexity index is 1040. The number of rotatable bonds is 46. The van der Waals surface area contributed by atoms with Crippen LogP contribution in [0.3, 0.4) is 0 Å². The van der Waals surface area contributed by atoms with Crippen molar-refractivity contribution in [3.8, 4) is 0 Å². The van der Waals surface area contributed by atoms with Gasteiger partial charge in [0.1, 0.15) is 6.61 Å². The molecule has 0 spiro atoms. The lowest BCUT2D eigenvalue weighted by Gasteiger charge is -2.31. The molecule has 0 saturated heterocycles. The predicted molar refractivity (Wildman–Crippen MR) is 252 cm³/mol. The van der Waals surface area contributed by atoms with E-state index in [4.69, 9.17) is 14.2 Å². The number of hydrogen-bond acceptors (Lipinski definition) is 6. The van der Waals surface area contributed by atoms with Crippen molar-refractivity contribution in [3.05, 3.63) is 24.3 Å². The molecule has 0 rings (SSSR count). The van der Waals surface area contributed by atoms with E-state index in [9.17, 15) is 19.5 Å². The van der Waals surface area contributed by atoms with Gasteiger partial charge >= 0.3 is 17.9 Å².